The number of imidazole rings is 1. The lowest BCUT2D eigenvalue weighted by Gasteiger charge is -2.05. The molecule has 46 heavy (non-hydrogen) atoms. The van der Waals surface area contributed by atoms with Crippen LogP contribution in [-0.2, 0) is 4.79 Å². The lowest BCUT2D eigenvalue weighted by molar-refractivity contribution is 0.565. The molecule has 0 spiro atoms. The minimum atomic E-state index is -0.242. The van der Waals surface area contributed by atoms with Crippen molar-refractivity contribution in [3.63, 3.8) is 0 Å². The van der Waals surface area contributed by atoms with Crippen LogP contribution in [-0.4, -0.2) is 15.2 Å². The van der Waals surface area contributed by atoms with E-state index < -0.39 is 0 Å². The molecule has 9 nitrogen and oxygen atoms in total. The summed E-state index contributed by atoms with van der Waals surface area (Å²) in [5.74, 6) is 0. The van der Waals surface area contributed by atoms with E-state index in [0.29, 0.717) is 33.9 Å². The SMILES string of the molecule is N#Cc1cccc(N=C=O)c1.O=c1cccccc1.[C-]#[N+]c1cccc(-n2c3c(n(-c4cccc(C#N)c4)c2=O)C=CCC=C3)c1. The minimum absolute atomic E-state index is 0.0509. The summed E-state index contributed by atoms with van der Waals surface area (Å²) in [5.41, 5.74) is 4.49. The number of hydrogen-bond acceptors (Lipinski definition) is 6. The van der Waals surface area contributed by atoms with Gasteiger partial charge in [0, 0.05) is 5.69 Å². The topological polar surface area (TPSA) is 125 Å². The number of nitrogens with zero attached hydrogens (tertiary/aromatic N) is 6. The van der Waals surface area contributed by atoms with E-state index in [-0.39, 0.29) is 11.1 Å². The van der Waals surface area contributed by atoms with E-state index in [1.807, 2.05) is 54.6 Å². The lowest BCUT2D eigenvalue weighted by Crippen LogP contribution is -2.23. The minimum Gasteiger partial charge on any atom is -0.290 e. The van der Waals surface area contributed by atoms with Gasteiger partial charge >= 0.3 is 5.69 Å². The average molecular weight is 601 g/mol. The fourth-order valence-electron chi connectivity index (χ4n) is 4.39. The summed E-state index contributed by atoms with van der Waals surface area (Å²) >= 11 is 0. The molecule has 6 rings (SSSR count). The highest BCUT2D eigenvalue weighted by atomic mass is 16.2. The summed E-state index contributed by atoms with van der Waals surface area (Å²) in [6, 6.07) is 34.6. The van der Waals surface area contributed by atoms with Gasteiger partial charge < -0.3 is 0 Å². The molecule has 1 heterocycles. The monoisotopic (exact) mass is 600 g/mol. The van der Waals surface area contributed by atoms with Crippen molar-refractivity contribution in [2.75, 3.05) is 0 Å². The van der Waals surface area contributed by atoms with Gasteiger partial charge in [-0.15, -0.1) is 0 Å². The van der Waals surface area contributed by atoms with Crippen LogP contribution in [0.4, 0.5) is 11.4 Å². The Morgan fingerprint density at radius 2 is 1.26 bits per heavy atom. The molecule has 0 atom stereocenters. The number of carbonyl (C=O) groups excluding carboxylic acids is 1. The summed E-state index contributed by atoms with van der Waals surface area (Å²) in [7, 11) is 0. The van der Waals surface area contributed by atoms with Gasteiger partial charge in [0.1, 0.15) is 0 Å². The van der Waals surface area contributed by atoms with Crippen molar-refractivity contribution >= 4 is 29.6 Å². The summed E-state index contributed by atoms with van der Waals surface area (Å²) in [6.45, 7) is 7.24. The molecule has 9 heteroatoms. The molecule has 5 aromatic rings. The van der Waals surface area contributed by atoms with Crippen molar-refractivity contribution in [3.8, 4) is 23.5 Å². The second kappa shape index (κ2) is 15.9. The maximum atomic E-state index is 13.4. The van der Waals surface area contributed by atoms with E-state index in [2.05, 4.69) is 15.9 Å². The molecule has 0 aliphatic heterocycles. The molecule has 0 N–H and O–H groups in total. The van der Waals surface area contributed by atoms with Crippen LogP contribution < -0.4 is 11.1 Å². The Morgan fingerprint density at radius 3 is 1.85 bits per heavy atom. The number of aliphatic imine (C=N–C) groups is 1. The average Bonchev–Trinajstić information content (AvgIpc) is 3.31. The second-order valence-corrected chi connectivity index (χ2v) is 9.43. The van der Waals surface area contributed by atoms with Gasteiger partial charge in [0.2, 0.25) is 6.08 Å². The zero-order chi connectivity index (χ0) is 32.7. The second-order valence-electron chi connectivity index (χ2n) is 9.43. The zero-order valence-electron chi connectivity index (χ0n) is 24.3. The fraction of sp³-hybridized carbons (Fsp3) is 0.0270. The third kappa shape index (κ3) is 8.04. The Hall–Kier alpha value is -7.11. The van der Waals surface area contributed by atoms with E-state index in [9.17, 15) is 19.6 Å². The van der Waals surface area contributed by atoms with Crippen LogP contribution in [0.15, 0.2) is 136 Å². The van der Waals surface area contributed by atoms with Crippen LogP contribution >= 0.6 is 0 Å². The number of benzene rings is 3. The van der Waals surface area contributed by atoms with Crippen LogP contribution in [0.2, 0.25) is 0 Å². The first-order valence-corrected chi connectivity index (χ1v) is 13.8. The first-order chi connectivity index (χ1) is 22.5. The Bertz CT molecular complexity index is 2120. The van der Waals surface area contributed by atoms with Gasteiger partial charge in [0.25, 0.3) is 0 Å². The normalized spacial score (nSPS) is 10.5. The molecule has 220 valence electrons. The van der Waals surface area contributed by atoms with Crippen LogP contribution in [0.25, 0.3) is 28.4 Å². The van der Waals surface area contributed by atoms with E-state index in [4.69, 9.17) is 11.8 Å². The van der Waals surface area contributed by atoms with Crippen molar-refractivity contribution in [2.45, 2.75) is 6.42 Å². The fourth-order valence-corrected chi connectivity index (χ4v) is 4.39. The van der Waals surface area contributed by atoms with E-state index in [1.54, 1.807) is 75.9 Å². The van der Waals surface area contributed by atoms with Crippen molar-refractivity contribution < 1.29 is 4.79 Å². The highest BCUT2D eigenvalue weighted by molar-refractivity contribution is 5.68. The predicted octanol–water partition coefficient (Wildman–Crippen LogP) is 7.05. The molecule has 1 aromatic heterocycles. The van der Waals surface area contributed by atoms with Crippen LogP contribution in [0.3, 0.4) is 0 Å². The molecular formula is C37H24N6O3. The Balaban J connectivity index is 0.000000206. The summed E-state index contributed by atoms with van der Waals surface area (Å²) in [4.78, 5) is 40.5. The number of hydrogen-bond donors (Lipinski definition) is 0. The number of nitriles is 2. The number of rotatable bonds is 3. The molecule has 0 bridgehead atoms. The Labute approximate surface area is 264 Å². The molecule has 0 fully saturated rings. The third-order valence-electron chi connectivity index (χ3n) is 6.41. The number of fused-ring (bicyclic) bond motifs is 1. The summed E-state index contributed by atoms with van der Waals surface area (Å²) < 4.78 is 3.21. The summed E-state index contributed by atoms with van der Waals surface area (Å²) in [6.07, 6.45) is 10.00. The van der Waals surface area contributed by atoms with E-state index in [1.165, 1.54) is 24.3 Å². The number of isocyanates is 1. The van der Waals surface area contributed by atoms with Gasteiger partial charge in [0.15, 0.2) is 11.1 Å². The van der Waals surface area contributed by atoms with Crippen LogP contribution in [0, 0.1) is 29.2 Å². The zero-order valence-corrected chi connectivity index (χ0v) is 24.3. The number of allylic oxidation sites excluding steroid dienone is 2. The van der Waals surface area contributed by atoms with Crippen molar-refractivity contribution in [2.24, 2.45) is 4.99 Å². The van der Waals surface area contributed by atoms with E-state index >= 15 is 0 Å². The van der Waals surface area contributed by atoms with Crippen LogP contribution in [0.1, 0.15) is 28.9 Å². The summed E-state index contributed by atoms with van der Waals surface area (Å²) in [5, 5.41) is 17.6. The first-order valence-electron chi connectivity index (χ1n) is 13.8. The molecule has 0 amide bonds. The van der Waals surface area contributed by atoms with Crippen molar-refractivity contribution in [1.82, 2.24) is 9.13 Å². The molecule has 4 aromatic carbocycles. The standard InChI is InChI=1S/C22H14N4O.C8H4N2O.C7H6O/c1-24-17-8-6-10-19(14-17)26-21-12-4-2-3-11-20(21)25(22(26)27)18-9-5-7-16(13-18)15-23;9-5-7-2-1-3-8(4-7)10-6-11;8-7-5-3-1-2-4-6-7/h3-14H,2H2;1-4H;1-6H. The molecule has 0 saturated carbocycles. The van der Waals surface area contributed by atoms with Crippen molar-refractivity contribution in [3.05, 3.63) is 176 Å². The molecule has 0 radical (unpaired) electrons. The van der Waals surface area contributed by atoms with Gasteiger partial charge in [-0.2, -0.15) is 15.5 Å². The Morgan fingerprint density at radius 1 is 0.696 bits per heavy atom. The maximum Gasteiger partial charge on any atom is 0.338 e. The van der Waals surface area contributed by atoms with E-state index in [0.717, 1.165) is 17.8 Å². The van der Waals surface area contributed by atoms with Gasteiger partial charge in [-0.25, -0.2) is 14.4 Å². The lowest BCUT2D eigenvalue weighted by atomic mass is 10.2. The highest BCUT2D eigenvalue weighted by Gasteiger charge is 2.20. The smallest absolute Gasteiger partial charge is 0.290 e. The Kier molecular flexibility index (Phi) is 11.0. The van der Waals surface area contributed by atoms with Crippen molar-refractivity contribution in [1.29, 1.82) is 10.5 Å². The predicted molar refractivity (Wildman–Crippen MR) is 177 cm³/mol. The highest BCUT2D eigenvalue weighted by Crippen LogP contribution is 2.25. The molecule has 1 aliphatic carbocycles. The molecule has 0 saturated heterocycles. The molecule has 1 aliphatic rings. The number of aromatic nitrogens is 2. The van der Waals surface area contributed by atoms with Gasteiger partial charge in [0.05, 0.1) is 52.6 Å². The molecular weight excluding hydrogens is 576 g/mol. The molecule has 0 unspecified atom stereocenters. The largest absolute Gasteiger partial charge is 0.338 e. The third-order valence-corrected chi connectivity index (χ3v) is 6.41. The van der Waals surface area contributed by atoms with Gasteiger partial charge in [-0.3, -0.25) is 13.9 Å². The maximum absolute atomic E-state index is 13.4. The van der Waals surface area contributed by atoms with Crippen LogP contribution in [0.5, 0.6) is 0 Å². The first kappa shape index (κ1) is 31.8. The van der Waals surface area contributed by atoms with Gasteiger partial charge in [-0.05, 0) is 79.2 Å². The van der Waals surface area contributed by atoms with Gasteiger partial charge in [-0.1, -0.05) is 60.7 Å². The quantitative estimate of drug-likeness (QED) is 0.125.